The molecule has 0 radical (unpaired) electrons. The van der Waals surface area contributed by atoms with Crippen molar-refractivity contribution in [2.24, 2.45) is 0 Å². The van der Waals surface area contributed by atoms with E-state index < -0.39 is 5.97 Å². The molecule has 0 spiro atoms. The maximum Gasteiger partial charge on any atom is 0.357 e. The number of aromatic nitrogens is 2. The van der Waals surface area contributed by atoms with Crippen molar-refractivity contribution < 1.29 is 19.8 Å². The second-order valence-corrected chi connectivity index (χ2v) is 6.07. The van der Waals surface area contributed by atoms with E-state index in [-0.39, 0.29) is 17.2 Å². The Balaban J connectivity index is 2.15. The summed E-state index contributed by atoms with van der Waals surface area (Å²) in [6, 6.07) is 6.89. The van der Waals surface area contributed by atoms with Gasteiger partial charge in [-0.15, -0.1) is 0 Å². The van der Waals surface area contributed by atoms with E-state index in [1.807, 2.05) is 0 Å². The number of nitrogens with zero attached hydrogens (tertiary/aromatic N) is 3. The average Bonchev–Trinajstić information content (AvgIpc) is 2.92. The molecular formula is C19H23N3O4. The number of ether oxygens (including phenoxy) is 1. The Hall–Kier alpha value is -3.01. The van der Waals surface area contributed by atoms with Crippen LogP contribution in [0.15, 0.2) is 18.2 Å². The summed E-state index contributed by atoms with van der Waals surface area (Å²) in [6.07, 6.45) is 5.59. The van der Waals surface area contributed by atoms with Crippen LogP contribution in [-0.2, 0) is 0 Å². The molecule has 2 rings (SSSR count). The standard InChI is InChI=1S/C19H23N3O4/c1-3-4-5-6-7-10-26-16-9-8-14(11-15(16)12-20)18-21-13(2)17(19(23)24)22(18)25/h8-9,11,25H,3-7,10H2,1-2H3,(H,23,24). The summed E-state index contributed by atoms with van der Waals surface area (Å²) >= 11 is 0. The lowest BCUT2D eigenvalue weighted by atomic mass is 10.1. The first-order chi connectivity index (χ1) is 12.5. The maximum absolute atomic E-state index is 11.2. The summed E-state index contributed by atoms with van der Waals surface area (Å²) in [6.45, 7) is 4.20. The van der Waals surface area contributed by atoms with Crippen molar-refractivity contribution in [1.82, 2.24) is 9.71 Å². The van der Waals surface area contributed by atoms with Crippen molar-refractivity contribution in [3.05, 3.63) is 35.2 Å². The van der Waals surface area contributed by atoms with Gasteiger partial charge in [0.05, 0.1) is 17.9 Å². The summed E-state index contributed by atoms with van der Waals surface area (Å²) in [5.41, 5.74) is 0.648. The summed E-state index contributed by atoms with van der Waals surface area (Å²) in [7, 11) is 0. The molecule has 0 amide bonds. The lowest BCUT2D eigenvalue weighted by Gasteiger charge is -2.09. The molecule has 1 aromatic heterocycles. The van der Waals surface area contributed by atoms with Crippen molar-refractivity contribution >= 4 is 5.97 Å². The van der Waals surface area contributed by atoms with Gasteiger partial charge >= 0.3 is 5.97 Å². The molecule has 0 aliphatic heterocycles. The fourth-order valence-electron chi connectivity index (χ4n) is 2.72. The average molecular weight is 357 g/mol. The van der Waals surface area contributed by atoms with Crippen LogP contribution in [0.3, 0.4) is 0 Å². The highest BCUT2D eigenvalue weighted by Crippen LogP contribution is 2.27. The third-order valence-electron chi connectivity index (χ3n) is 4.09. The predicted molar refractivity (Wildman–Crippen MR) is 95.5 cm³/mol. The molecule has 7 heteroatoms. The molecule has 7 nitrogen and oxygen atoms in total. The van der Waals surface area contributed by atoms with Gasteiger partial charge in [-0.05, 0) is 31.5 Å². The SMILES string of the molecule is CCCCCCCOc1ccc(-c2nc(C)c(C(=O)O)n2O)cc1C#N. The molecule has 138 valence electrons. The topological polar surface area (TPSA) is 108 Å². The second-order valence-electron chi connectivity index (χ2n) is 6.07. The molecule has 1 aromatic carbocycles. The molecule has 0 fully saturated rings. The summed E-state index contributed by atoms with van der Waals surface area (Å²) in [5.74, 6) is -0.729. The number of rotatable bonds is 9. The molecule has 2 aromatic rings. The number of imidazole rings is 1. The molecule has 0 bridgehead atoms. The van der Waals surface area contributed by atoms with E-state index in [1.54, 1.807) is 12.1 Å². The normalized spacial score (nSPS) is 10.5. The number of hydrogen-bond acceptors (Lipinski definition) is 5. The zero-order chi connectivity index (χ0) is 19.1. The monoisotopic (exact) mass is 357 g/mol. The van der Waals surface area contributed by atoms with E-state index in [4.69, 9.17) is 9.84 Å². The van der Waals surface area contributed by atoms with E-state index in [0.717, 1.165) is 12.8 Å². The number of unbranched alkanes of at least 4 members (excludes halogenated alkanes) is 4. The van der Waals surface area contributed by atoms with Gasteiger partial charge in [0.1, 0.15) is 11.8 Å². The smallest absolute Gasteiger partial charge is 0.357 e. The first kappa shape index (κ1) is 19.3. The Labute approximate surface area is 152 Å². The van der Waals surface area contributed by atoms with E-state index in [9.17, 15) is 15.3 Å². The highest BCUT2D eigenvalue weighted by molar-refractivity contribution is 5.88. The molecule has 1 heterocycles. The number of aryl methyl sites for hydroxylation is 1. The predicted octanol–water partition coefficient (Wildman–Crippen LogP) is 4.01. The number of carboxylic acids is 1. The largest absolute Gasteiger partial charge is 0.492 e. The van der Waals surface area contributed by atoms with Gasteiger partial charge in [0.2, 0.25) is 0 Å². The van der Waals surface area contributed by atoms with Gasteiger partial charge in [-0.2, -0.15) is 9.99 Å². The quantitative estimate of drug-likeness (QED) is 0.518. The van der Waals surface area contributed by atoms with E-state index >= 15 is 0 Å². The van der Waals surface area contributed by atoms with Crippen LogP contribution in [0.4, 0.5) is 0 Å². The Kier molecular flexibility index (Phi) is 6.61. The van der Waals surface area contributed by atoms with E-state index in [2.05, 4.69) is 18.0 Å². The number of hydrogen-bond donors (Lipinski definition) is 2. The number of benzene rings is 1. The van der Waals surface area contributed by atoms with Crippen LogP contribution in [-0.4, -0.2) is 32.6 Å². The van der Waals surface area contributed by atoms with Crippen LogP contribution < -0.4 is 4.74 Å². The molecule has 26 heavy (non-hydrogen) atoms. The van der Waals surface area contributed by atoms with Crippen molar-refractivity contribution in [2.75, 3.05) is 6.61 Å². The van der Waals surface area contributed by atoms with Gasteiger partial charge in [-0.1, -0.05) is 32.6 Å². The van der Waals surface area contributed by atoms with Gasteiger partial charge < -0.3 is 15.1 Å². The van der Waals surface area contributed by atoms with Crippen LogP contribution in [0.2, 0.25) is 0 Å². The minimum atomic E-state index is -1.27. The van der Waals surface area contributed by atoms with Crippen molar-refractivity contribution in [2.45, 2.75) is 46.0 Å². The van der Waals surface area contributed by atoms with Crippen LogP contribution in [0.5, 0.6) is 5.75 Å². The van der Waals surface area contributed by atoms with Crippen molar-refractivity contribution in [1.29, 1.82) is 5.26 Å². The van der Waals surface area contributed by atoms with Gasteiger partial charge in [-0.25, -0.2) is 9.78 Å². The number of carboxylic acid groups (broad SMARTS) is 1. The fraction of sp³-hybridized carbons (Fsp3) is 0.421. The molecule has 2 N–H and O–H groups in total. The first-order valence-corrected chi connectivity index (χ1v) is 8.68. The number of carbonyl (C=O) groups is 1. The molecule has 0 aliphatic carbocycles. The van der Waals surface area contributed by atoms with Crippen molar-refractivity contribution in [3.63, 3.8) is 0 Å². The van der Waals surface area contributed by atoms with E-state index in [1.165, 1.54) is 32.3 Å². The zero-order valence-corrected chi connectivity index (χ0v) is 15.0. The van der Waals surface area contributed by atoms with Gasteiger partial charge in [0.15, 0.2) is 11.5 Å². The lowest BCUT2D eigenvalue weighted by Crippen LogP contribution is -2.07. The highest BCUT2D eigenvalue weighted by Gasteiger charge is 2.21. The fourth-order valence-corrected chi connectivity index (χ4v) is 2.72. The minimum Gasteiger partial charge on any atom is -0.492 e. The van der Waals surface area contributed by atoms with Crippen molar-refractivity contribution in [3.8, 4) is 23.2 Å². The molecular weight excluding hydrogens is 334 g/mol. The Morgan fingerprint density at radius 2 is 2.04 bits per heavy atom. The second kappa shape index (κ2) is 8.90. The third-order valence-corrected chi connectivity index (χ3v) is 4.09. The Morgan fingerprint density at radius 1 is 1.31 bits per heavy atom. The third kappa shape index (κ3) is 4.33. The maximum atomic E-state index is 11.2. The lowest BCUT2D eigenvalue weighted by molar-refractivity contribution is 0.0645. The molecule has 0 atom stereocenters. The zero-order valence-electron chi connectivity index (χ0n) is 15.0. The van der Waals surface area contributed by atoms with Gasteiger partial charge in [-0.3, -0.25) is 0 Å². The van der Waals surface area contributed by atoms with Crippen LogP contribution >= 0.6 is 0 Å². The summed E-state index contributed by atoms with van der Waals surface area (Å²) < 4.78 is 6.22. The molecule has 0 aliphatic rings. The first-order valence-electron chi connectivity index (χ1n) is 8.68. The number of nitriles is 1. The van der Waals surface area contributed by atoms with Crippen LogP contribution in [0, 0.1) is 18.3 Å². The molecule has 0 saturated heterocycles. The van der Waals surface area contributed by atoms with Crippen LogP contribution in [0.1, 0.15) is 60.8 Å². The highest BCUT2D eigenvalue weighted by atomic mass is 16.5. The van der Waals surface area contributed by atoms with Gasteiger partial charge in [0.25, 0.3) is 0 Å². The summed E-state index contributed by atoms with van der Waals surface area (Å²) in [5, 5.41) is 28.6. The minimum absolute atomic E-state index is 0.0718. The number of aromatic carboxylic acids is 1. The van der Waals surface area contributed by atoms with Crippen LogP contribution in [0.25, 0.3) is 11.4 Å². The molecule has 0 unspecified atom stereocenters. The Bertz CT molecular complexity index is 821. The van der Waals surface area contributed by atoms with Gasteiger partial charge in [0, 0.05) is 5.56 Å². The van der Waals surface area contributed by atoms with E-state index in [0.29, 0.717) is 28.2 Å². The molecule has 0 saturated carbocycles. The Morgan fingerprint density at radius 3 is 2.65 bits per heavy atom. The summed E-state index contributed by atoms with van der Waals surface area (Å²) in [4.78, 5) is 15.3.